The molecule has 10 nitrogen and oxygen atoms in total. The summed E-state index contributed by atoms with van der Waals surface area (Å²) in [5.74, 6) is -2.88. The van der Waals surface area contributed by atoms with Crippen molar-refractivity contribution in [2.45, 2.75) is 64.5 Å². The summed E-state index contributed by atoms with van der Waals surface area (Å²) in [6, 6.07) is 8.78. The summed E-state index contributed by atoms with van der Waals surface area (Å²) in [6.45, 7) is 8.04. The lowest BCUT2D eigenvalue weighted by Gasteiger charge is -2.25. The number of alkyl halides is 3. The molecule has 1 amide bonds. The average molecular weight is 577 g/mol. The first-order valence-electron chi connectivity index (χ1n) is 13.7. The Balaban J connectivity index is 0.000000493. The standard InChI is InChI=1S/C26H34N6O2.C2HF3O2/c1-2-32-25-22(17-29-32)24(30-21-8-12-34-13-9-21)23(16-27-25)26(33)28-15-19-6-5-7-20(14-19)18-31-10-3-4-11-31;3-2(4,5)1(6)7/h5-7,14,16-17,21H,2-4,8-13,15,18H2,1H3,(H,27,30)(H,28,33);(H,6,7). The molecule has 41 heavy (non-hydrogen) atoms. The highest BCUT2D eigenvalue weighted by atomic mass is 19.4. The summed E-state index contributed by atoms with van der Waals surface area (Å²) < 4.78 is 39.1. The predicted molar refractivity (Wildman–Crippen MR) is 146 cm³/mol. The predicted octanol–water partition coefficient (Wildman–Crippen LogP) is 4.20. The topological polar surface area (TPSA) is 122 Å². The minimum absolute atomic E-state index is 0.127. The molecule has 2 saturated heterocycles. The summed E-state index contributed by atoms with van der Waals surface area (Å²) in [5, 5.41) is 19.2. The fourth-order valence-electron chi connectivity index (χ4n) is 4.95. The van der Waals surface area contributed by atoms with E-state index in [0.29, 0.717) is 12.1 Å². The lowest BCUT2D eigenvalue weighted by molar-refractivity contribution is -0.192. The Bertz CT molecular complexity index is 1330. The Morgan fingerprint density at radius 3 is 2.46 bits per heavy atom. The molecule has 3 N–H and O–H groups in total. The van der Waals surface area contributed by atoms with Crippen molar-refractivity contribution < 1.29 is 32.6 Å². The molecule has 2 aliphatic rings. The molecule has 0 bridgehead atoms. The number of rotatable bonds is 8. The molecular formula is C28H35F3N6O4. The second-order valence-corrected chi connectivity index (χ2v) is 10.1. The number of hydrogen-bond donors (Lipinski definition) is 3. The van der Waals surface area contributed by atoms with E-state index in [1.807, 2.05) is 17.8 Å². The minimum atomic E-state index is -5.08. The van der Waals surface area contributed by atoms with Crippen LogP contribution in [0.3, 0.4) is 0 Å². The van der Waals surface area contributed by atoms with Crippen molar-refractivity contribution >= 4 is 28.6 Å². The van der Waals surface area contributed by atoms with E-state index in [-0.39, 0.29) is 11.9 Å². The van der Waals surface area contributed by atoms with Gasteiger partial charge < -0.3 is 20.5 Å². The Kier molecular flexibility index (Phi) is 10.2. The maximum atomic E-state index is 13.3. The molecule has 2 aliphatic heterocycles. The fourth-order valence-corrected chi connectivity index (χ4v) is 4.95. The molecule has 0 unspecified atom stereocenters. The first kappa shape index (κ1) is 30.3. The van der Waals surface area contributed by atoms with E-state index < -0.39 is 12.1 Å². The van der Waals surface area contributed by atoms with Gasteiger partial charge in [-0.15, -0.1) is 0 Å². The zero-order chi connectivity index (χ0) is 29.4. The number of aryl methyl sites for hydroxylation is 1. The zero-order valence-electron chi connectivity index (χ0n) is 22.9. The SMILES string of the molecule is CCn1ncc2c(NC3CCOCC3)c(C(=O)NCc3cccc(CN4CCCC4)c3)cnc21.O=C(O)C(F)(F)F. The number of anilines is 1. The van der Waals surface area contributed by atoms with Gasteiger partial charge in [0.05, 0.1) is 22.8 Å². The molecule has 0 aliphatic carbocycles. The number of halogens is 3. The average Bonchev–Trinajstić information content (AvgIpc) is 3.62. The van der Waals surface area contributed by atoms with Gasteiger partial charge in [-0.1, -0.05) is 24.3 Å². The van der Waals surface area contributed by atoms with E-state index in [1.165, 1.54) is 31.5 Å². The number of fused-ring (bicyclic) bond motifs is 1. The van der Waals surface area contributed by atoms with Crippen LogP contribution in [0, 0.1) is 0 Å². The van der Waals surface area contributed by atoms with Gasteiger partial charge in [-0.3, -0.25) is 9.69 Å². The molecule has 13 heteroatoms. The number of likely N-dealkylation sites (tertiary alicyclic amines) is 1. The molecule has 222 valence electrons. The number of aliphatic carboxylic acids is 1. The third-order valence-corrected chi connectivity index (χ3v) is 7.07. The van der Waals surface area contributed by atoms with Crippen LogP contribution in [0.25, 0.3) is 11.0 Å². The summed E-state index contributed by atoms with van der Waals surface area (Å²) in [7, 11) is 0. The van der Waals surface area contributed by atoms with Crippen LogP contribution >= 0.6 is 0 Å². The molecule has 0 atom stereocenters. The van der Waals surface area contributed by atoms with Crippen LogP contribution in [-0.2, 0) is 29.2 Å². The molecule has 0 saturated carbocycles. The van der Waals surface area contributed by atoms with Gasteiger partial charge in [-0.2, -0.15) is 18.3 Å². The van der Waals surface area contributed by atoms with E-state index in [2.05, 4.69) is 49.9 Å². The molecule has 0 radical (unpaired) electrons. The van der Waals surface area contributed by atoms with Gasteiger partial charge in [0, 0.05) is 45.1 Å². The van der Waals surface area contributed by atoms with E-state index >= 15 is 0 Å². The van der Waals surface area contributed by atoms with E-state index in [9.17, 15) is 18.0 Å². The van der Waals surface area contributed by atoms with Crippen molar-refractivity contribution in [3.8, 4) is 0 Å². The second kappa shape index (κ2) is 13.8. The van der Waals surface area contributed by atoms with Crippen LogP contribution in [0.5, 0.6) is 0 Å². The summed E-state index contributed by atoms with van der Waals surface area (Å²) in [4.78, 5) is 29.3. The van der Waals surface area contributed by atoms with Crippen LogP contribution in [0.15, 0.2) is 36.7 Å². The Hall–Kier alpha value is -3.71. The minimum Gasteiger partial charge on any atom is -0.475 e. The van der Waals surface area contributed by atoms with Gasteiger partial charge in [0.15, 0.2) is 5.65 Å². The molecule has 2 aromatic heterocycles. The van der Waals surface area contributed by atoms with Gasteiger partial charge >= 0.3 is 12.1 Å². The number of nitrogens with zero attached hydrogens (tertiary/aromatic N) is 4. The summed E-state index contributed by atoms with van der Waals surface area (Å²) in [5.41, 5.74) is 4.57. The number of nitrogens with one attached hydrogen (secondary N) is 2. The number of amides is 1. The molecule has 1 aromatic carbocycles. The van der Waals surface area contributed by atoms with Crippen molar-refractivity contribution in [3.63, 3.8) is 0 Å². The van der Waals surface area contributed by atoms with Crippen molar-refractivity contribution in [3.05, 3.63) is 53.3 Å². The number of carboxylic acid groups (broad SMARTS) is 1. The maximum absolute atomic E-state index is 13.3. The van der Waals surface area contributed by atoms with Crippen LogP contribution in [0.2, 0.25) is 0 Å². The van der Waals surface area contributed by atoms with Gasteiger partial charge in [-0.05, 0) is 56.8 Å². The number of carbonyl (C=O) groups is 2. The highest BCUT2D eigenvalue weighted by Gasteiger charge is 2.38. The van der Waals surface area contributed by atoms with E-state index in [1.54, 1.807) is 6.20 Å². The molecule has 3 aromatic rings. The van der Waals surface area contributed by atoms with Crippen LogP contribution < -0.4 is 10.6 Å². The van der Waals surface area contributed by atoms with Crippen molar-refractivity contribution in [1.82, 2.24) is 25.0 Å². The lowest BCUT2D eigenvalue weighted by Crippen LogP contribution is -2.30. The summed E-state index contributed by atoms with van der Waals surface area (Å²) >= 11 is 0. The van der Waals surface area contributed by atoms with Gasteiger partial charge in [0.1, 0.15) is 0 Å². The second-order valence-electron chi connectivity index (χ2n) is 10.1. The maximum Gasteiger partial charge on any atom is 0.490 e. The quantitative estimate of drug-likeness (QED) is 0.365. The lowest BCUT2D eigenvalue weighted by atomic mass is 10.1. The fraction of sp³-hybridized carbons (Fsp3) is 0.500. The molecule has 2 fully saturated rings. The largest absolute Gasteiger partial charge is 0.490 e. The van der Waals surface area contributed by atoms with Crippen molar-refractivity contribution in [2.75, 3.05) is 31.6 Å². The van der Waals surface area contributed by atoms with Crippen LogP contribution in [-0.4, -0.2) is 75.2 Å². The number of aromatic nitrogens is 3. The summed E-state index contributed by atoms with van der Waals surface area (Å²) in [6.07, 6.45) is 2.81. The molecule has 5 rings (SSSR count). The Morgan fingerprint density at radius 2 is 1.80 bits per heavy atom. The number of ether oxygens (including phenoxy) is 1. The van der Waals surface area contributed by atoms with Crippen molar-refractivity contribution in [1.29, 1.82) is 0 Å². The normalized spacial score (nSPS) is 16.3. The first-order chi connectivity index (χ1) is 19.7. The Labute approximate surface area is 235 Å². The van der Waals surface area contributed by atoms with Gasteiger partial charge in [-0.25, -0.2) is 14.5 Å². The van der Waals surface area contributed by atoms with E-state index in [0.717, 1.165) is 61.4 Å². The highest BCUT2D eigenvalue weighted by Crippen LogP contribution is 2.28. The number of hydrogen-bond acceptors (Lipinski definition) is 7. The number of benzene rings is 1. The highest BCUT2D eigenvalue weighted by molar-refractivity contribution is 6.06. The molecular weight excluding hydrogens is 541 g/mol. The van der Waals surface area contributed by atoms with Crippen molar-refractivity contribution in [2.24, 2.45) is 0 Å². The Morgan fingerprint density at radius 1 is 1.12 bits per heavy atom. The number of carbonyl (C=O) groups excluding carboxylic acids is 1. The number of carboxylic acids is 1. The monoisotopic (exact) mass is 576 g/mol. The van der Waals surface area contributed by atoms with Gasteiger partial charge in [0.2, 0.25) is 0 Å². The zero-order valence-corrected chi connectivity index (χ0v) is 22.9. The molecule has 0 spiro atoms. The third-order valence-electron chi connectivity index (χ3n) is 7.07. The van der Waals surface area contributed by atoms with Crippen LogP contribution in [0.1, 0.15) is 54.1 Å². The van der Waals surface area contributed by atoms with Crippen LogP contribution in [0.4, 0.5) is 18.9 Å². The smallest absolute Gasteiger partial charge is 0.475 e. The molecule has 4 heterocycles. The van der Waals surface area contributed by atoms with Gasteiger partial charge in [0.25, 0.3) is 5.91 Å². The number of pyridine rings is 1. The third kappa shape index (κ3) is 8.17. The van der Waals surface area contributed by atoms with E-state index in [4.69, 9.17) is 14.6 Å². The first-order valence-corrected chi connectivity index (χ1v) is 13.7.